The minimum absolute atomic E-state index is 0.533. The Bertz CT molecular complexity index is 372. The molecule has 1 unspecified atom stereocenters. The molecular formula is C11H15NO2. The Morgan fingerprint density at radius 1 is 1.36 bits per heavy atom. The maximum atomic E-state index is 10.8. The number of hydrogen-bond donors (Lipinski definition) is 1. The molecule has 1 aromatic heterocycles. The number of pyridine rings is 1. The van der Waals surface area contributed by atoms with Crippen molar-refractivity contribution in [1.82, 2.24) is 4.98 Å². The Morgan fingerprint density at radius 3 is 2.43 bits per heavy atom. The van der Waals surface area contributed by atoms with Crippen LogP contribution in [0.2, 0.25) is 0 Å². The van der Waals surface area contributed by atoms with E-state index in [1.54, 1.807) is 13.1 Å². The van der Waals surface area contributed by atoms with Crippen molar-refractivity contribution in [2.24, 2.45) is 0 Å². The number of aryl methyl sites for hydroxylation is 1. The zero-order chi connectivity index (χ0) is 10.9. The van der Waals surface area contributed by atoms with E-state index in [1.807, 2.05) is 20.8 Å². The maximum Gasteiger partial charge on any atom is 0.312 e. The molecule has 0 aliphatic heterocycles. The lowest BCUT2D eigenvalue weighted by atomic mass is 9.97. The summed E-state index contributed by atoms with van der Waals surface area (Å²) in [6.07, 6.45) is 1.73. The van der Waals surface area contributed by atoms with Gasteiger partial charge in [0.2, 0.25) is 0 Å². The van der Waals surface area contributed by atoms with E-state index < -0.39 is 11.9 Å². The Hall–Kier alpha value is -1.38. The fraction of sp³-hybridized carbons (Fsp3) is 0.455. The third kappa shape index (κ3) is 1.76. The first-order chi connectivity index (χ1) is 6.45. The third-order valence-electron chi connectivity index (χ3n) is 2.72. The van der Waals surface area contributed by atoms with Gasteiger partial charge in [-0.1, -0.05) is 0 Å². The normalized spacial score (nSPS) is 12.6. The van der Waals surface area contributed by atoms with Crippen LogP contribution in [-0.4, -0.2) is 16.1 Å². The number of aromatic nitrogens is 1. The van der Waals surface area contributed by atoms with Gasteiger partial charge in [0, 0.05) is 6.20 Å². The van der Waals surface area contributed by atoms with Crippen LogP contribution in [0.4, 0.5) is 0 Å². The quantitative estimate of drug-likeness (QED) is 0.783. The van der Waals surface area contributed by atoms with E-state index in [0.29, 0.717) is 5.69 Å². The van der Waals surface area contributed by atoms with Crippen LogP contribution >= 0.6 is 0 Å². The van der Waals surface area contributed by atoms with Crippen LogP contribution < -0.4 is 0 Å². The number of nitrogens with zero attached hydrogens (tertiary/aromatic N) is 1. The first-order valence-electron chi connectivity index (χ1n) is 4.60. The second-order valence-corrected chi connectivity index (χ2v) is 3.64. The van der Waals surface area contributed by atoms with Gasteiger partial charge in [-0.2, -0.15) is 0 Å². The molecule has 0 radical (unpaired) electrons. The number of rotatable bonds is 2. The summed E-state index contributed by atoms with van der Waals surface area (Å²) in [6.45, 7) is 7.55. The van der Waals surface area contributed by atoms with E-state index in [4.69, 9.17) is 5.11 Å². The number of hydrogen-bond acceptors (Lipinski definition) is 2. The highest BCUT2D eigenvalue weighted by Gasteiger charge is 2.18. The molecule has 14 heavy (non-hydrogen) atoms. The summed E-state index contributed by atoms with van der Waals surface area (Å²) in [5.74, 6) is -1.36. The molecule has 0 fully saturated rings. The minimum atomic E-state index is -0.830. The Kier molecular flexibility index (Phi) is 2.89. The van der Waals surface area contributed by atoms with Gasteiger partial charge in [-0.05, 0) is 44.4 Å². The van der Waals surface area contributed by atoms with Crippen LogP contribution in [-0.2, 0) is 4.79 Å². The van der Waals surface area contributed by atoms with Crippen LogP contribution in [0.15, 0.2) is 6.20 Å². The van der Waals surface area contributed by atoms with Crippen molar-refractivity contribution in [2.45, 2.75) is 33.6 Å². The summed E-state index contributed by atoms with van der Waals surface area (Å²) < 4.78 is 0. The van der Waals surface area contributed by atoms with Gasteiger partial charge < -0.3 is 5.11 Å². The summed E-state index contributed by atoms with van der Waals surface area (Å²) in [5, 5.41) is 8.88. The van der Waals surface area contributed by atoms with Crippen molar-refractivity contribution in [2.75, 3.05) is 0 Å². The molecule has 0 aliphatic carbocycles. The molecule has 0 aliphatic rings. The van der Waals surface area contributed by atoms with Crippen molar-refractivity contribution in [3.8, 4) is 0 Å². The first kappa shape index (κ1) is 10.7. The van der Waals surface area contributed by atoms with Crippen molar-refractivity contribution in [1.29, 1.82) is 0 Å². The summed E-state index contributed by atoms with van der Waals surface area (Å²) in [4.78, 5) is 15.0. The third-order valence-corrected chi connectivity index (χ3v) is 2.72. The zero-order valence-electron chi connectivity index (χ0n) is 8.96. The highest BCUT2D eigenvalue weighted by atomic mass is 16.4. The zero-order valence-corrected chi connectivity index (χ0v) is 8.96. The summed E-state index contributed by atoms with van der Waals surface area (Å²) >= 11 is 0. The van der Waals surface area contributed by atoms with Crippen LogP contribution in [0.3, 0.4) is 0 Å². The van der Waals surface area contributed by atoms with Crippen molar-refractivity contribution in [3.63, 3.8) is 0 Å². The lowest BCUT2D eigenvalue weighted by molar-refractivity contribution is -0.138. The molecule has 0 aromatic carbocycles. The van der Waals surface area contributed by atoms with Gasteiger partial charge in [0.05, 0.1) is 11.6 Å². The molecule has 1 aromatic rings. The van der Waals surface area contributed by atoms with E-state index in [1.165, 1.54) is 0 Å². The summed E-state index contributed by atoms with van der Waals surface area (Å²) in [5.41, 5.74) is 3.88. The smallest absolute Gasteiger partial charge is 0.312 e. The predicted octanol–water partition coefficient (Wildman–Crippen LogP) is 2.19. The molecule has 0 amide bonds. The largest absolute Gasteiger partial charge is 0.481 e. The van der Waals surface area contributed by atoms with E-state index >= 15 is 0 Å². The highest BCUT2D eigenvalue weighted by Crippen LogP contribution is 2.21. The first-order valence-corrected chi connectivity index (χ1v) is 4.60. The van der Waals surface area contributed by atoms with Gasteiger partial charge in [0.25, 0.3) is 0 Å². The molecule has 0 saturated carbocycles. The van der Waals surface area contributed by atoms with Crippen LogP contribution in [0.1, 0.15) is 35.2 Å². The Balaban J connectivity index is 3.24. The number of aliphatic carboxylic acids is 1. The Morgan fingerprint density at radius 2 is 1.93 bits per heavy atom. The summed E-state index contributed by atoms with van der Waals surface area (Å²) in [7, 11) is 0. The van der Waals surface area contributed by atoms with E-state index in [0.717, 1.165) is 16.7 Å². The maximum absolute atomic E-state index is 10.8. The average Bonchev–Trinajstić information content (AvgIpc) is 2.13. The van der Waals surface area contributed by atoms with Crippen LogP contribution in [0, 0.1) is 20.8 Å². The Labute approximate surface area is 83.8 Å². The van der Waals surface area contributed by atoms with Gasteiger partial charge in [0.15, 0.2) is 0 Å². The number of carbonyl (C=O) groups is 1. The molecule has 0 spiro atoms. The van der Waals surface area contributed by atoms with Gasteiger partial charge in [0.1, 0.15) is 0 Å². The average molecular weight is 193 g/mol. The minimum Gasteiger partial charge on any atom is -0.481 e. The topological polar surface area (TPSA) is 50.2 Å². The second-order valence-electron chi connectivity index (χ2n) is 3.64. The van der Waals surface area contributed by atoms with E-state index in [-0.39, 0.29) is 0 Å². The van der Waals surface area contributed by atoms with E-state index in [9.17, 15) is 4.79 Å². The predicted molar refractivity (Wildman–Crippen MR) is 54.5 cm³/mol. The molecule has 1 heterocycles. The van der Waals surface area contributed by atoms with E-state index in [2.05, 4.69) is 4.98 Å². The monoisotopic (exact) mass is 193 g/mol. The van der Waals surface area contributed by atoms with Gasteiger partial charge >= 0.3 is 5.97 Å². The molecular weight excluding hydrogens is 178 g/mol. The van der Waals surface area contributed by atoms with Crippen molar-refractivity contribution < 1.29 is 9.90 Å². The van der Waals surface area contributed by atoms with Gasteiger partial charge in [-0.25, -0.2) is 0 Å². The standard InChI is InChI=1S/C11H15NO2/c1-6-5-12-10(8(3)7(6)2)9(4)11(13)14/h5,9H,1-4H3,(H,13,14). The SMILES string of the molecule is Cc1cnc(C(C)C(=O)O)c(C)c1C. The van der Waals surface area contributed by atoms with Crippen LogP contribution in [0.5, 0.6) is 0 Å². The lowest BCUT2D eigenvalue weighted by Gasteiger charge is -2.12. The molecule has 1 N–H and O–H groups in total. The van der Waals surface area contributed by atoms with Gasteiger partial charge in [-0.3, -0.25) is 9.78 Å². The van der Waals surface area contributed by atoms with Crippen LogP contribution in [0.25, 0.3) is 0 Å². The molecule has 0 bridgehead atoms. The molecule has 1 rings (SSSR count). The molecule has 0 saturated heterocycles. The fourth-order valence-corrected chi connectivity index (χ4v) is 1.40. The number of carboxylic acid groups (broad SMARTS) is 1. The molecule has 76 valence electrons. The highest BCUT2D eigenvalue weighted by molar-refractivity contribution is 5.75. The summed E-state index contributed by atoms with van der Waals surface area (Å²) in [6, 6.07) is 0. The van der Waals surface area contributed by atoms with Gasteiger partial charge in [-0.15, -0.1) is 0 Å². The molecule has 3 heteroatoms. The lowest BCUT2D eigenvalue weighted by Crippen LogP contribution is -2.12. The van der Waals surface area contributed by atoms with Crippen molar-refractivity contribution in [3.05, 3.63) is 28.6 Å². The second kappa shape index (κ2) is 3.78. The fourth-order valence-electron chi connectivity index (χ4n) is 1.40. The van der Waals surface area contributed by atoms with Crippen molar-refractivity contribution >= 4 is 5.97 Å². The molecule has 1 atom stereocenters. The molecule has 3 nitrogen and oxygen atoms in total. The number of carboxylic acids is 1.